The van der Waals surface area contributed by atoms with Crippen molar-refractivity contribution in [2.24, 2.45) is 11.8 Å². The minimum absolute atomic E-state index is 0.352. The second-order valence-corrected chi connectivity index (χ2v) is 5.64. The maximum Gasteiger partial charge on any atom is 0.306 e. The predicted molar refractivity (Wildman–Crippen MR) is 77.3 cm³/mol. The Labute approximate surface area is 113 Å². The third kappa shape index (κ3) is 2.98. The van der Waals surface area contributed by atoms with Crippen molar-refractivity contribution in [1.29, 1.82) is 0 Å². The summed E-state index contributed by atoms with van der Waals surface area (Å²) in [5, 5.41) is 10.3. The van der Waals surface area contributed by atoms with Gasteiger partial charge < -0.3 is 9.67 Å². The topological polar surface area (TPSA) is 42.2 Å². The molecule has 0 amide bonds. The highest BCUT2D eigenvalue weighted by molar-refractivity contribution is 5.81. The minimum atomic E-state index is -0.735. The summed E-state index contributed by atoms with van der Waals surface area (Å²) in [5.74, 6) is -0.550. The van der Waals surface area contributed by atoms with Crippen LogP contribution in [0.4, 0.5) is 0 Å². The van der Waals surface area contributed by atoms with E-state index in [1.165, 1.54) is 10.9 Å². The molecular weight excluding hydrogens is 238 g/mol. The number of nitrogens with zero attached hydrogens (tertiary/aromatic N) is 1. The first kappa shape index (κ1) is 13.7. The maximum absolute atomic E-state index is 11.0. The van der Waals surface area contributed by atoms with Crippen molar-refractivity contribution in [3.8, 4) is 0 Å². The van der Waals surface area contributed by atoms with E-state index >= 15 is 0 Å². The summed E-state index contributed by atoms with van der Waals surface area (Å²) < 4.78 is 2.26. The number of hydrogen-bond acceptors (Lipinski definition) is 1. The van der Waals surface area contributed by atoms with Gasteiger partial charge in [0.05, 0.1) is 5.92 Å². The fourth-order valence-electron chi connectivity index (χ4n) is 2.42. The average molecular weight is 259 g/mol. The monoisotopic (exact) mass is 259 g/mol. The van der Waals surface area contributed by atoms with E-state index in [1.54, 1.807) is 6.92 Å². The number of carbonyl (C=O) groups is 1. The first-order valence-electron chi connectivity index (χ1n) is 6.79. The molecule has 0 aliphatic rings. The molecule has 0 spiro atoms. The van der Waals surface area contributed by atoms with Gasteiger partial charge in [-0.25, -0.2) is 0 Å². The zero-order valence-corrected chi connectivity index (χ0v) is 11.8. The molecule has 1 aromatic heterocycles. The predicted octanol–water partition coefficient (Wildman–Crippen LogP) is 3.56. The molecule has 1 unspecified atom stereocenters. The van der Waals surface area contributed by atoms with E-state index in [2.05, 4.69) is 36.6 Å². The van der Waals surface area contributed by atoms with Crippen molar-refractivity contribution in [2.45, 2.75) is 33.7 Å². The summed E-state index contributed by atoms with van der Waals surface area (Å²) in [4.78, 5) is 11.0. The van der Waals surface area contributed by atoms with Crippen molar-refractivity contribution in [3.05, 3.63) is 36.0 Å². The first-order valence-corrected chi connectivity index (χ1v) is 6.79. The molecular formula is C16H21NO2. The molecule has 0 bridgehead atoms. The van der Waals surface area contributed by atoms with Gasteiger partial charge in [-0.05, 0) is 23.4 Å². The van der Waals surface area contributed by atoms with Crippen LogP contribution in [0.25, 0.3) is 10.9 Å². The fraction of sp³-hybridized carbons (Fsp3) is 0.438. The third-order valence-electron chi connectivity index (χ3n) is 3.38. The van der Waals surface area contributed by atoms with Gasteiger partial charge in [0.2, 0.25) is 0 Å². The number of para-hydroxylation sites is 1. The molecule has 1 N–H and O–H groups in total. The molecule has 1 heterocycles. The van der Waals surface area contributed by atoms with Crippen LogP contribution in [0.15, 0.2) is 30.3 Å². The largest absolute Gasteiger partial charge is 0.481 e. The molecule has 3 nitrogen and oxygen atoms in total. The summed E-state index contributed by atoms with van der Waals surface area (Å²) in [7, 11) is 0. The Kier molecular flexibility index (Phi) is 3.93. The van der Waals surface area contributed by atoms with Crippen LogP contribution in [0.3, 0.4) is 0 Å². The Morgan fingerprint density at radius 2 is 1.95 bits per heavy atom. The lowest BCUT2D eigenvalue weighted by atomic mass is 10.1. The summed E-state index contributed by atoms with van der Waals surface area (Å²) in [6.07, 6.45) is 0.580. The van der Waals surface area contributed by atoms with E-state index in [1.807, 2.05) is 12.1 Å². The van der Waals surface area contributed by atoms with Crippen LogP contribution in [0.1, 0.15) is 26.5 Å². The van der Waals surface area contributed by atoms with Crippen molar-refractivity contribution >= 4 is 16.9 Å². The minimum Gasteiger partial charge on any atom is -0.481 e. The second-order valence-electron chi connectivity index (χ2n) is 5.64. The smallest absolute Gasteiger partial charge is 0.306 e. The van der Waals surface area contributed by atoms with Crippen molar-refractivity contribution in [2.75, 3.05) is 0 Å². The number of aliphatic carboxylic acids is 1. The van der Waals surface area contributed by atoms with Crippen LogP contribution in [-0.4, -0.2) is 15.6 Å². The Morgan fingerprint density at radius 3 is 2.58 bits per heavy atom. The van der Waals surface area contributed by atoms with Crippen molar-refractivity contribution < 1.29 is 9.90 Å². The maximum atomic E-state index is 11.0. The summed E-state index contributed by atoms with van der Waals surface area (Å²) in [6, 6.07) is 10.4. The summed E-state index contributed by atoms with van der Waals surface area (Å²) in [6.45, 7) is 7.05. The highest BCUT2D eigenvalue weighted by Crippen LogP contribution is 2.23. The van der Waals surface area contributed by atoms with Crippen LogP contribution in [0.5, 0.6) is 0 Å². The zero-order valence-electron chi connectivity index (χ0n) is 11.8. The van der Waals surface area contributed by atoms with E-state index in [4.69, 9.17) is 5.11 Å². The fourth-order valence-corrected chi connectivity index (χ4v) is 2.42. The molecule has 1 atom stereocenters. The summed E-state index contributed by atoms with van der Waals surface area (Å²) >= 11 is 0. The van der Waals surface area contributed by atoms with Gasteiger partial charge in [-0.1, -0.05) is 39.0 Å². The highest BCUT2D eigenvalue weighted by Gasteiger charge is 2.16. The Balaban J connectivity index is 2.43. The van der Waals surface area contributed by atoms with E-state index in [-0.39, 0.29) is 5.92 Å². The Morgan fingerprint density at radius 1 is 1.26 bits per heavy atom. The number of carboxylic acids is 1. The molecule has 2 aromatic rings. The molecule has 19 heavy (non-hydrogen) atoms. The molecule has 2 rings (SSSR count). The number of aromatic nitrogens is 1. The SMILES string of the molecule is CC(C)Cn1c(CC(C)C(=O)O)cc2ccccc21. The van der Waals surface area contributed by atoms with Crippen molar-refractivity contribution in [3.63, 3.8) is 0 Å². The Hall–Kier alpha value is -1.77. The number of benzene rings is 1. The average Bonchev–Trinajstić information content (AvgIpc) is 2.67. The normalized spacial score (nSPS) is 13.1. The summed E-state index contributed by atoms with van der Waals surface area (Å²) in [5.41, 5.74) is 2.31. The number of carboxylic acid groups (broad SMARTS) is 1. The third-order valence-corrected chi connectivity index (χ3v) is 3.38. The van der Waals surface area contributed by atoms with Crippen LogP contribution in [-0.2, 0) is 17.8 Å². The standard InChI is InChI=1S/C16H21NO2/c1-11(2)10-17-14(8-12(3)16(18)19)9-13-6-4-5-7-15(13)17/h4-7,9,11-12H,8,10H2,1-3H3,(H,18,19). The number of hydrogen-bond donors (Lipinski definition) is 1. The van der Waals surface area contributed by atoms with Gasteiger partial charge in [0, 0.05) is 24.2 Å². The Bertz CT molecular complexity index is 583. The molecule has 3 heteroatoms. The van der Waals surface area contributed by atoms with E-state index in [9.17, 15) is 4.79 Å². The molecule has 0 saturated carbocycles. The van der Waals surface area contributed by atoms with Crippen LogP contribution in [0, 0.1) is 11.8 Å². The lowest BCUT2D eigenvalue weighted by molar-refractivity contribution is -0.141. The van der Waals surface area contributed by atoms with Gasteiger partial charge in [-0.2, -0.15) is 0 Å². The molecule has 0 radical (unpaired) electrons. The molecule has 102 valence electrons. The quantitative estimate of drug-likeness (QED) is 0.892. The van der Waals surface area contributed by atoms with Gasteiger partial charge in [0.15, 0.2) is 0 Å². The van der Waals surface area contributed by atoms with E-state index in [0.29, 0.717) is 12.3 Å². The lowest BCUT2D eigenvalue weighted by Gasteiger charge is -2.14. The first-order chi connectivity index (χ1) is 8.99. The van der Waals surface area contributed by atoms with Gasteiger partial charge in [0.25, 0.3) is 0 Å². The molecule has 0 saturated heterocycles. The molecule has 0 aliphatic heterocycles. The zero-order chi connectivity index (χ0) is 14.0. The van der Waals surface area contributed by atoms with Gasteiger partial charge in [0.1, 0.15) is 0 Å². The van der Waals surface area contributed by atoms with E-state index in [0.717, 1.165) is 12.2 Å². The lowest BCUT2D eigenvalue weighted by Crippen LogP contribution is -2.16. The van der Waals surface area contributed by atoms with Gasteiger partial charge in [-0.15, -0.1) is 0 Å². The van der Waals surface area contributed by atoms with E-state index < -0.39 is 5.97 Å². The second kappa shape index (κ2) is 5.47. The highest BCUT2D eigenvalue weighted by atomic mass is 16.4. The molecule has 0 aliphatic carbocycles. The van der Waals surface area contributed by atoms with Gasteiger partial charge in [-0.3, -0.25) is 4.79 Å². The van der Waals surface area contributed by atoms with Crippen LogP contribution in [0.2, 0.25) is 0 Å². The van der Waals surface area contributed by atoms with Gasteiger partial charge >= 0.3 is 5.97 Å². The van der Waals surface area contributed by atoms with Crippen molar-refractivity contribution in [1.82, 2.24) is 4.57 Å². The van der Waals surface area contributed by atoms with Crippen LogP contribution < -0.4 is 0 Å². The van der Waals surface area contributed by atoms with Crippen LogP contribution >= 0.6 is 0 Å². The number of fused-ring (bicyclic) bond motifs is 1. The molecule has 1 aromatic carbocycles. The molecule has 0 fully saturated rings. The number of rotatable bonds is 5.